The van der Waals surface area contributed by atoms with Crippen LogP contribution in [0.3, 0.4) is 0 Å². The Hall–Kier alpha value is -0.770. The molecule has 1 saturated heterocycles. The van der Waals surface area contributed by atoms with Crippen LogP contribution in [-0.2, 0) is 5.54 Å². The maximum atomic E-state index is 13.5. The van der Waals surface area contributed by atoms with Crippen molar-refractivity contribution in [3.05, 3.63) is 59.9 Å². The number of benzene rings is 2. The van der Waals surface area contributed by atoms with E-state index < -0.39 is 5.34 Å². The van der Waals surface area contributed by atoms with E-state index in [0.717, 1.165) is 36.4 Å². The topological polar surface area (TPSA) is 33.3 Å². The highest BCUT2D eigenvalue weighted by atomic mass is 32.2. The largest absolute Gasteiger partial charge is 0.452 e. The Kier molecular flexibility index (Phi) is 6.53. The molecule has 2 N–H and O–H groups in total. The van der Waals surface area contributed by atoms with Gasteiger partial charge in [0.2, 0.25) is 0 Å². The number of piperidine rings is 1. The molecule has 0 aromatic heterocycles. The second kappa shape index (κ2) is 8.50. The van der Waals surface area contributed by atoms with Crippen LogP contribution in [0.4, 0.5) is 8.78 Å². The smallest absolute Gasteiger partial charge is 0.270 e. The van der Waals surface area contributed by atoms with E-state index in [2.05, 4.69) is 10.0 Å². The van der Waals surface area contributed by atoms with E-state index in [-0.39, 0.29) is 11.4 Å². The van der Waals surface area contributed by atoms with Crippen molar-refractivity contribution in [2.75, 3.05) is 13.1 Å². The monoisotopic (exact) mass is 414 g/mol. The molecule has 0 bridgehead atoms. The predicted octanol–water partition coefficient (Wildman–Crippen LogP) is 4.41. The second-order valence-electron chi connectivity index (χ2n) is 6.31. The summed E-state index contributed by atoms with van der Waals surface area (Å²) < 4.78 is 35.5. The van der Waals surface area contributed by atoms with Crippen molar-refractivity contribution in [3.63, 3.8) is 0 Å². The molecule has 1 aliphatic rings. The van der Waals surface area contributed by atoms with Crippen LogP contribution in [0.25, 0.3) is 0 Å². The molecule has 2 unspecified atom stereocenters. The summed E-state index contributed by atoms with van der Waals surface area (Å²) in [5, 5.41) is 1.50. The fraction of sp³-hybridized carbons (Fsp3) is 0.333. The van der Waals surface area contributed by atoms with Crippen LogP contribution in [0.2, 0.25) is 0 Å². The molecule has 8 heteroatoms. The highest BCUT2D eigenvalue weighted by molar-refractivity contribution is 7.97. The van der Waals surface area contributed by atoms with E-state index in [0.29, 0.717) is 5.75 Å². The normalized spacial score (nSPS) is 17.1. The molecule has 2 aromatic carbocycles. The number of ether oxygens (including phenoxy) is 1. The van der Waals surface area contributed by atoms with Gasteiger partial charge in [-0.1, -0.05) is 12.1 Å². The Morgan fingerprint density at radius 2 is 1.65 bits per heavy atom. The summed E-state index contributed by atoms with van der Waals surface area (Å²) in [5.41, 5.74) is 0.869. The van der Waals surface area contributed by atoms with Gasteiger partial charge in [-0.3, -0.25) is 0 Å². The Balaban J connectivity index is 1.71. The van der Waals surface area contributed by atoms with Gasteiger partial charge in [-0.2, -0.15) is 4.39 Å². The number of alkyl halides is 1. The standard InChI is InChI=1S/C18H22F2N2OP2S/c19-14-3-1-13(2-4-14)17(9-11-21-12-10-17)22-26-16-7-5-15(6-8-16)23-18(20,24)25/h1-8,21-22H,9-12,24-25H2. The molecule has 1 fully saturated rings. The summed E-state index contributed by atoms with van der Waals surface area (Å²) >= 11 is 1.52. The minimum atomic E-state index is -1.87. The molecule has 0 spiro atoms. The van der Waals surface area contributed by atoms with Gasteiger partial charge in [-0.25, -0.2) is 9.11 Å². The van der Waals surface area contributed by atoms with Gasteiger partial charge < -0.3 is 10.1 Å². The maximum absolute atomic E-state index is 13.5. The number of nitrogens with one attached hydrogen (secondary N) is 2. The Bertz CT molecular complexity index is 717. The average Bonchev–Trinajstić information content (AvgIpc) is 2.61. The quantitative estimate of drug-likeness (QED) is 0.542. The van der Waals surface area contributed by atoms with Crippen molar-refractivity contribution in [1.82, 2.24) is 10.0 Å². The molecule has 2 aromatic rings. The number of halogens is 2. The Morgan fingerprint density at radius 3 is 2.23 bits per heavy atom. The fourth-order valence-electron chi connectivity index (χ4n) is 2.99. The third-order valence-electron chi connectivity index (χ3n) is 4.32. The van der Waals surface area contributed by atoms with Crippen molar-refractivity contribution >= 4 is 30.4 Å². The zero-order valence-corrected chi connectivity index (χ0v) is 17.3. The number of hydrogen-bond acceptors (Lipinski definition) is 4. The van der Waals surface area contributed by atoms with Crippen LogP contribution in [0.15, 0.2) is 53.4 Å². The lowest BCUT2D eigenvalue weighted by Gasteiger charge is -2.38. The molecule has 26 heavy (non-hydrogen) atoms. The molecule has 0 saturated carbocycles. The van der Waals surface area contributed by atoms with Crippen LogP contribution < -0.4 is 14.8 Å². The molecule has 0 aliphatic carbocycles. The summed E-state index contributed by atoms with van der Waals surface area (Å²) in [6.45, 7) is 1.80. The molecule has 3 nitrogen and oxygen atoms in total. The molecule has 1 aliphatic heterocycles. The second-order valence-corrected chi connectivity index (χ2v) is 9.44. The van der Waals surface area contributed by atoms with E-state index in [4.69, 9.17) is 4.74 Å². The predicted molar refractivity (Wildman–Crippen MR) is 110 cm³/mol. The Labute approximate surface area is 161 Å². The molecule has 3 rings (SSSR count). The first-order valence-corrected chi connectivity index (χ1v) is 10.3. The molecule has 0 radical (unpaired) electrons. The minimum absolute atomic E-state index is 0.215. The van der Waals surface area contributed by atoms with Gasteiger partial charge in [-0.15, -0.1) is 0 Å². The summed E-state index contributed by atoms with van der Waals surface area (Å²) in [6, 6.07) is 14.0. The molecule has 2 atom stereocenters. The molecule has 140 valence electrons. The van der Waals surface area contributed by atoms with Gasteiger partial charge in [0.05, 0.1) is 5.54 Å². The summed E-state index contributed by atoms with van der Waals surface area (Å²) in [6.07, 6.45) is 1.83. The highest BCUT2D eigenvalue weighted by Gasteiger charge is 2.33. The summed E-state index contributed by atoms with van der Waals surface area (Å²) in [5.74, 6) is 0.227. The number of rotatable bonds is 6. The van der Waals surface area contributed by atoms with E-state index in [1.807, 2.05) is 42.7 Å². The third kappa shape index (κ3) is 5.37. The maximum Gasteiger partial charge on any atom is 0.270 e. The first-order valence-electron chi connectivity index (χ1n) is 8.33. The van der Waals surface area contributed by atoms with Crippen LogP contribution in [0.5, 0.6) is 5.75 Å². The van der Waals surface area contributed by atoms with E-state index >= 15 is 0 Å². The van der Waals surface area contributed by atoms with Gasteiger partial charge in [-0.05, 0) is 98.3 Å². The highest BCUT2D eigenvalue weighted by Crippen LogP contribution is 2.36. The first-order chi connectivity index (χ1) is 12.4. The SMILES string of the molecule is Fc1ccc(C2(NSc3ccc(OC(F)(P)P)cc3)CCNCC2)cc1. The lowest BCUT2D eigenvalue weighted by Crippen LogP contribution is -2.47. The molecule has 0 amide bonds. The third-order valence-corrected chi connectivity index (χ3v) is 5.55. The van der Waals surface area contributed by atoms with Gasteiger partial charge >= 0.3 is 0 Å². The molecule has 1 heterocycles. The van der Waals surface area contributed by atoms with E-state index in [9.17, 15) is 8.78 Å². The number of hydrogen-bond donors (Lipinski definition) is 2. The first kappa shape index (κ1) is 20.0. The van der Waals surface area contributed by atoms with Gasteiger partial charge in [0.25, 0.3) is 5.34 Å². The lowest BCUT2D eigenvalue weighted by atomic mass is 9.82. The van der Waals surface area contributed by atoms with E-state index in [1.54, 1.807) is 12.1 Å². The van der Waals surface area contributed by atoms with Crippen LogP contribution >= 0.6 is 30.4 Å². The van der Waals surface area contributed by atoms with Crippen LogP contribution in [0.1, 0.15) is 18.4 Å². The molecular weight excluding hydrogens is 392 g/mol. The van der Waals surface area contributed by atoms with Crippen LogP contribution in [-0.4, -0.2) is 18.4 Å². The zero-order chi connectivity index (χ0) is 18.6. The summed E-state index contributed by atoms with van der Waals surface area (Å²) in [7, 11) is 3.96. The van der Waals surface area contributed by atoms with Gasteiger partial charge in [0.15, 0.2) is 0 Å². The summed E-state index contributed by atoms with van der Waals surface area (Å²) in [4.78, 5) is 0.995. The van der Waals surface area contributed by atoms with Crippen LogP contribution in [0, 0.1) is 5.82 Å². The zero-order valence-electron chi connectivity index (χ0n) is 14.2. The van der Waals surface area contributed by atoms with Crippen molar-refractivity contribution in [1.29, 1.82) is 0 Å². The lowest BCUT2D eigenvalue weighted by molar-refractivity contribution is 0.117. The fourth-order valence-corrected chi connectivity index (χ4v) is 4.16. The van der Waals surface area contributed by atoms with Gasteiger partial charge in [0.1, 0.15) is 11.6 Å². The Morgan fingerprint density at radius 1 is 1.04 bits per heavy atom. The van der Waals surface area contributed by atoms with Crippen molar-refractivity contribution in [3.8, 4) is 5.75 Å². The van der Waals surface area contributed by atoms with Crippen molar-refractivity contribution in [2.45, 2.75) is 28.6 Å². The molecular formula is C18H22F2N2OP2S. The van der Waals surface area contributed by atoms with E-state index in [1.165, 1.54) is 24.1 Å². The average molecular weight is 414 g/mol. The van der Waals surface area contributed by atoms with Crippen molar-refractivity contribution in [2.24, 2.45) is 0 Å². The van der Waals surface area contributed by atoms with Gasteiger partial charge in [0, 0.05) is 4.90 Å². The van der Waals surface area contributed by atoms with Crippen molar-refractivity contribution < 1.29 is 13.5 Å². The minimum Gasteiger partial charge on any atom is -0.452 e.